The predicted octanol–water partition coefficient (Wildman–Crippen LogP) is 2.37. The van der Waals surface area contributed by atoms with Crippen molar-refractivity contribution in [1.82, 2.24) is 16.0 Å². The molecule has 20 heteroatoms. The van der Waals surface area contributed by atoms with Gasteiger partial charge in [0.2, 0.25) is 11.9 Å². The van der Waals surface area contributed by atoms with Crippen molar-refractivity contribution in [3.05, 3.63) is 11.6 Å². The van der Waals surface area contributed by atoms with Crippen molar-refractivity contribution in [2.75, 3.05) is 13.2 Å². The molecule has 0 saturated carbocycles. The van der Waals surface area contributed by atoms with Gasteiger partial charge >= 0.3 is 30.5 Å². The van der Waals surface area contributed by atoms with Crippen LogP contribution in [-0.4, -0.2) is 108 Å². The number of hydrogen-bond acceptors (Lipinski definition) is 11. The Kier molecular flexibility index (Phi) is 14.7. The highest BCUT2D eigenvalue weighted by atomic mass is 19.4. The lowest BCUT2D eigenvalue weighted by molar-refractivity contribution is -0.296. The molecule has 1 aliphatic carbocycles. The Morgan fingerprint density at radius 3 is 1.91 bits per heavy atom. The molecule has 0 fully saturated rings. The number of halogens is 6. The van der Waals surface area contributed by atoms with E-state index < -0.39 is 90.9 Å². The molecule has 1 rings (SSSR count). The Labute approximate surface area is 259 Å². The summed E-state index contributed by atoms with van der Waals surface area (Å²) < 4.78 is 100. The van der Waals surface area contributed by atoms with Crippen LogP contribution in [0.2, 0.25) is 0 Å². The van der Waals surface area contributed by atoms with E-state index in [0.29, 0.717) is 0 Å². The average Bonchev–Trinajstić information content (AvgIpc) is 2.85. The van der Waals surface area contributed by atoms with Gasteiger partial charge in [-0.15, -0.1) is 0 Å². The first-order chi connectivity index (χ1) is 21.0. The van der Waals surface area contributed by atoms with Crippen LogP contribution < -0.4 is 16.0 Å². The van der Waals surface area contributed by atoms with E-state index in [-0.39, 0.29) is 25.2 Å². The predicted molar refractivity (Wildman–Crippen MR) is 145 cm³/mol. The first-order valence-corrected chi connectivity index (χ1v) is 13.8. The molecular formula is C26H38F6N4O10. The summed E-state index contributed by atoms with van der Waals surface area (Å²) in [5.74, 6) is -2.44. The van der Waals surface area contributed by atoms with Gasteiger partial charge in [0.05, 0.1) is 37.8 Å². The van der Waals surface area contributed by atoms with Crippen molar-refractivity contribution in [2.24, 2.45) is 4.99 Å². The standard InChI is InChI=1S/C26H38F6N4O10/c1-7-43-16(38)11-13-9-14(34-21(35-22(41)44-8-2)36-23(42)46-24(4,5)6)17(33-12(3)37)15(10-13)45-18(19(39)25(27,28)29)20(40)26(30,31)32/h10,14-15,17-20,39-40H,7-9,11H2,1-6H3,(H,33,37)(H2,34,35,36,41,42)/t14-,15+,17+,18?,19?,20?/m0/s1. The molecule has 3 amide bonds. The number of rotatable bonds is 10. The number of amides is 3. The minimum atomic E-state index is -5.71. The monoisotopic (exact) mass is 680 g/mol. The van der Waals surface area contributed by atoms with Crippen molar-refractivity contribution in [3.63, 3.8) is 0 Å². The fourth-order valence-electron chi connectivity index (χ4n) is 4.01. The molecule has 0 radical (unpaired) electrons. The molecule has 0 aromatic rings. The molecule has 5 N–H and O–H groups in total. The summed E-state index contributed by atoms with van der Waals surface area (Å²) in [6.45, 7) is 8.14. The van der Waals surface area contributed by atoms with E-state index in [1.165, 1.54) is 34.6 Å². The average molecular weight is 681 g/mol. The second-order valence-electron chi connectivity index (χ2n) is 10.8. The van der Waals surface area contributed by atoms with Crippen molar-refractivity contribution in [1.29, 1.82) is 0 Å². The lowest BCUT2D eigenvalue weighted by atomic mass is 9.86. The number of guanidine groups is 1. The van der Waals surface area contributed by atoms with Gasteiger partial charge in [-0.2, -0.15) is 26.3 Å². The van der Waals surface area contributed by atoms with E-state index in [0.717, 1.165) is 13.0 Å². The van der Waals surface area contributed by atoms with Crippen LogP contribution in [0.1, 0.15) is 54.4 Å². The topological polar surface area (TPSA) is 194 Å². The first kappa shape index (κ1) is 40.4. The van der Waals surface area contributed by atoms with Gasteiger partial charge in [0.1, 0.15) is 11.7 Å². The van der Waals surface area contributed by atoms with Gasteiger partial charge in [0.25, 0.3) is 0 Å². The normalized spacial score (nSPS) is 21.2. The molecule has 0 aliphatic heterocycles. The fourth-order valence-corrected chi connectivity index (χ4v) is 4.01. The van der Waals surface area contributed by atoms with Crippen LogP contribution in [0.4, 0.5) is 35.9 Å². The summed E-state index contributed by atoms with van der Waals surface area (Å²) in [7, 11) is 0. The zero-order chi connectivity index (χ0) is 35.6. The number of aliphatic hydroxyl groups is 2. The van der Waals surface area contributed by atoms with Gasteiger partial charge < -0.3 is 34.5 Å². The fraction of sp³-hybridized carbons (Fsp3) is 0.731. The number of aliphatic hydroxyl groups excluding tert-OH is 2. The maximum absolute atomic E-state index is 13.4. The van der Waals surface area contributed by atoms with Crippen molar-refractivity contribution >= 4 is 30.0 Å². The molecule has 0 aromatic heterocycles. The highest BCUT2D eigenvalue weighted by molar-refractivity contribution is 6.01. The SMILES string of the molecule is CCOC(=O)CC1=C[C@@H](OC(C(O)C(F)(F)F)C(O)C(F)(F)F)[C@H](NC(C)=O)[C@@H](N=C(NC(=O)OCC)NC(=O)OC(C)(C)C)C1. The number of carbonyl (C=O) groups is 4. The van der Waals surface area contributed by atoms with Crippen LogP contribution in [0, 0.1) is 0 Å². The van der Waals surface area contributed by atoms with E-state index in [4.69, 9.17) is 18.9 Å². The lowest BCUT2D eigenvalue weighted by Gasteiger charge is -2.39. The smallest absolute Gasteiger partial charge is 0.417 e. The van der Waals surface area contributed by atoms with Gasteiger partial charge in [-0.05, 0) is 41.0 Å². The third kappa shape index (κ3) is 13.8. The highest BCUT2D eigenvalue weighted by Gasteiger charge is 2.55. The van der Waals surface area contributed by atoms with Crippen LogP contribution in [0.3, 0.4) is 0 Å². The number of carbonyl (C=O) groups excluding carboxylic acids is 4. The Bertz CT molecular complexity index is 1120. The summed E-state index contributed by atoms with van der Waals surface area (Å²) in [4.78, 5) is 53.3. The van der Waals surface area contributed by atoms with Crippen molar-refractivity contribution < 1.29 is 74.7 Å². The molecule has 0 aromatic carbocycles. The van der Waals surface area contributed by atoms with Gasteiger partial charge in [0, 0.05) is 6.92 Å². The Balaban J connectivity index is 3.82. The molecule has 2 unspecified atom stereocenters. The second-order valence-corrected chi connectivity index (χ2v) is 10.8. The maximum Gasteiger partial charge on any atom is 0.417 e. The van der Waals surface area contributed by atoms with E-state index in [1.54, 1.807) is 0 Å². The Hall–Kier alpha value is -3.65. The van der Waals surface area contributed by atoms with Gasteiger partial charge in [0.15, 0.2) is 12.2 Å². The Morgan fingerprint density at radius 1 is 0.935 bits per heavy atom. The van der Waals surface area contributed by atoms with Crippen LogP contribution in [0.15, 0.2) is 16.6 Å². The first-order valence-electron chi connectivity index (χ1n) is 13.8. The van der Waals surface area contributed by atoms with Crippen LogP contribution in [0.5, 0.6) is 0 Å². The molecular weight excluding hydrogens is 642 g/mol. The molecule has 14 nitrogen and oxygen atoms in total. The number of alkyl carbamates (subject to hydrolysis) is 2. The quantitative estimate of drug-likeness (QED) is 0.0571. The van der Waals surface area contributed by atoms with E-state index in [9.17, 15) is 55.7 Å². The molecule has 0 saturated heterocycles. The van der Waals surface area contributed by atoms with E-state index >= 15 is 0 Å². The minimum Gasteiger partial charge on any atom is -0.466 e. The van der Waals surface area contributed by atoms with E-state index in [1.807, 2.05) is 0 Å². The van der Waals surface area contributed by atoms with Crippen LogP contribution >= 0.6 is 0 Å². The summed E-state index contributed by atoms with van der Waals surface area (Å²) >= 11 is 0. The summed E-state index contributed by atoms with van der Waals surface area (Å²) in [6, 6.07) is -3.17. The maximum atomic E-state index is 13.4. The third-order valence-electron chi connectivity index (χ3n) is 5.70. The van der Waals surface area contributed by atoms with Gasteiger partial charge in [-0.25, -0.2) is 14.6 Å². The zero-order valence-electron chi connectivity index (χ0n) is 25.7. The van der Waals surface area contributed by atoms with E-state index in [2.05, 4.69) is 20.9 Å². The van der Waals surface area contributed by atoms with Crippen LogP contribution in [0.25, 0.3) is 0 Å². The molecule has 0 bridgehead atoms. The highest BCUT2D eigenvalue weighted by Crippen LogP contribution is 2.35. The summed E-state index contributed by atoms with van der Waals surface area (Å²) in [5, 5.41) is 26.0. The number of esters is 1. The Morgan fingerprint density at radius 2 is 1.46 bits per heavy atom. The van der Waals surface area contributed by atoms with Crippen molar-refractivity contribution in [3.8, 4) is 0 Å². The second kappa shape index (κ2) is 16.8. The molecule has 264 valence electrons. The lowest BCUT2D eigenvalue weighted by Crippen LogP contribution is -2.59. The third-order valence-corrected chi connectivity index (χ3v) is 5.70. The molecule has 5 atom stereocenters. The number of aliphatic imine (C=N–C) groups is 1. The number of alkyl halides is 6. The summed E-state index contributed by atoms with van der Waals surface area (Å²) in [5.41, 5.74) is -1.08. The zero-order valence-corrected chi connectivity index (χ0v) is 25.7. The van der Waals surface area contributed by atoms with Crippen LogP contribution in [-0.2, 0) is 28.5 Å². The minimum absolute atomic E-state index is 0.0340. The number of hydrogen-bond donors (Lipinski definition) is 5. The molecule has 0 spiro atoms. The van der Waals surface area contributed by atoms with Gasteiger partial charge in [-0.3, -0.25) is 20.2 Å². The molecule has 1 aliphatic rings. The molecule has 0 heterocycles. The number of nitrogens with one attached hydrogen (secondary N) is 3. The largest absolute Gasteiger partial charge is 0.466 e. The number of nitrogens with zero attached hydrogens (tertiary/aromatic N) is 1. The van der Waals surface area contributed by atoms with Gasteiger partial charge in [-0.1, -0.05) is 11.6 Å². The van der Waals surface area contributed by atoms with Crippen molar-refractivity contribution in [2.45, 2.75) is 109 Å². The molecule has 46 heavy (non-hydrogen) atoms. The number of ether oxygens (including phenoxy) is 4. The summed E-state index contributed by atoms with van der Waals surface area (Å²) in [6.07, 6.45) is -26.9.